The fraction of sp³-hybridized carbons (Fsp3) is 0.231. The zero-order chi connectivity index (χ0) is 12.7. The van der Waals surface area contributed by atoms with E-state index in [0.717, 1.165) is 16.9 Å². The molecular weight excluding hydrogens is 228 g/mol. The standard InChI is InChI=1S/C13H14N4O/c1-16-8-9(7-14-16)15-12-10-5-3-4-6-11(10)17(2)13(12)18/h3-8,12,15H,1-2H3. The number of anilines is 2. The molecule has 3 rings (SSSR count). The molecule has 2 aromatic rings. The van der Waals surface area contributed by atoms with Gasteiger partial charge < -0.3 is 10.2 Å². The topological polar surface area (TPSA) is 50.2 Å². The summed E-state index contributed by atoms with van der Waals surface area (Å²) >= 11 is 0. The van der Waals surface area contributed by atoms with Gasteiger partial charge in [0, 0.05) is 31.5 Å². The van der Waals surface area contributed by atoms with Crippen LogP contribution in [-0.2, 0) is 11.8 Å². The molecule has 5 heteroatoms. The summed E-state index contributed by atoms with van der Waals surface area (Å²) in [4.78, 5) is 13.9. The molecule has 92 valence electrons. The van der Waals surface area contributed by atoms with Gasteiger partial charge in [-0.3, -0.25) is 9.48 Å². The summed E-state index contributed by atoms with van der Waals surface area (Å²) < 4.78 is 1.71. The van der Waals surface area contributed by atoms with Crippen molar-refractivity contribution >= 4 is 17.3 Å². The highest BCUT2D eigenvalue weighted by Gasteiger charge is 2.34. The SMILES string of the molecule is CN1C(=O)C(Nc2cnn(C)c2)c2ccccc21. The molecule has 0 aliphatic carbocycles. The number of benzene rings is 1. The van der Waals surface area contributed by atoms with E-state index in [1.165, 1.54) is 0 Å². The molecule has 0 radical (unpaired) electrons. The number of hydrogen-bond acceptors (Lipinski definition) is 3. The van der Waals surface area contributed by atoms with Crippen LogP contribution in [0.15, 0.2) is 36.7 Å². The number of rotatable bonds is 2. The summed E-state index contributed by atoms with van der Waals surface area (Å²) in [6.45, 7) is 0. The molecule has 0 saturated heterocycles. The van der Waals surface area contributed by atoms with Gasteiger partial charge >= 0.3 is 0 Å². The van der Waals surface area contributed by atoms with Gasteiger partial charge in [-0.25, -0.2) is 0 Å². The van der Waals surface area contributed by atoms with E-state index in [4.69, 9.17) is 0 Å². The van der Waals surface area contributed by atoms with Crippen LogP contribution in [0.5, 0.6) is 0 Å². The Morgan fingerprint density at radius 2 is 2.06 bits per heavy atom. The lowest BCUT2D eigenvalue weighted by molar-refractivity contribution is -0.118. The Morgan fingerprint density at radius 3 is 2.78 bits per heavy atom. The van der Waals surface area contributed by atoms with Crippen LogP contribution >= 0.6 is 0 Å². The normalized spacial score (nSPS) is 18.0. The molecule has 5 nitrogen and oxygen atoms in total. The van der Waals surface area contributed by atoms with Crippen LogP contribution in [0.1, 0.15) is 11.6 Å². The second-order valence-corrected chi connectivity index (χ2v) is 4.44. The van der Waals surface area contributed by atoms with Crippen LogP contribution < -0.4 is 10.2 Å². The Bertz CT molecular complexity index is 605. The summed E-state index contributed by atoms with van der Waals surface area (Å²) in [6.07, 6.45) is 3.57. The van der Waals surface area contributed by atoms with Gasteiger partial charge in [0.15, 0.2) is 0 Å². The van der Waals surface area contributed by atoms with Crippen LogP contribution in [0.2, 0.25) is 0 Å². The van der Waals surface area contributed by atoms with Gasteiger partial charge in [0.2, 0.25) is 0 Å². The Balaban J connectivity index is 1.95. The third kappa shape index (κ3) is 1.55. The first-order valence-corrected chi connectivity index (χ1v) is 5.78. The van der Waals surface area contributed by atoms with Crippen molar-refractivity contribution in [3.05, 3.63) is 42.2 Å². The number of amides is 1. The zero-order valence-corrected chi connectivity index (χ0v) is 10.3. The third-order valence-corrected chi connectivity index (χ3v) is 3.20. The number of nitrogens with one attached hydrogen (secondary N) is 1. The van der Waals surface area contributed by atoms with Crippen molar-refractivity contribution in [1.29, 1.82) is 0 Å². The minimum absolute atomic E-state index is 0.0556. The molecule has 0 fully saturated rings. The van der Waals surface area contributed by atoms with Crippen molar-refractivity contribution in [3.8, 4) is 0 Å². The summed E-state index contributed by atoms with van der Waals surface area (Å²) in [5.74, 6) is 0.0556. The van der Waals surface area contributed by atoms with Gasteiger partial charge in [-0.1, -0.05) is 18.2 Å². The lowest BCUT2D eigenvalue weighted by Crippen LogP contribution is -2.27. The van der Waals surface area contributed by atoms with Crippen LogP contribution in [-0.4, -0.2) is 22.7 Å². The molecule has 1 N–H and O–H groups in total. The van der Waals surface area contributed by atoms with Crippen molar-refractivity contribution in [2.75, 3.05) is 17.3 Å². The van der Waals surface area contributed by atoms with Crippen LogP contribution in [0.3, 0.4) is 0 Å². The van der Waals surface area contributed by atoms with E-state index < -0.39 is 0 Å². The van der Waals surface area contributed by atoms with Crippen molar-refractivity contribution in [1.82, 2.24) is 9.78 Å². The molecule has 1 aromatic heterocycles. The second kappa shape index (κ2) is 3.87. The molecule has 1 amide bonds. The van der Waals surface area contributed by atoms with E-state index in [0.29, 0.717) is 0 Å². The Morgan fingerprint density at radius 1 is 1.28 bits per heavy atom. The number of fused-ring (bicyclic) bond motifs is 1. The average Bonchev–Trinajstić information content (AvgIpc) is 2.88. The number of aromatic nitrogens is 2. The van der Waals surface area contributed by atoms with Gasteiger partial charge in [-0.15, -0.1) is 0 Å². The molecule has 0 spiro atoms. The van der Waals surface area contributed by atoms with E-state index in [9.17, 15) is 4.79 Å². The molecule has 1 unspecified atom stereocenters. The van der Waals surface area contributed by atoms with Crippen molar-refractivity contribution < 1.29 is 4.79 Å². The lowest BCUT2D eigenvalue weighted by Gasteiger charge is -2.12. The number of hydrogen-bond donors (Lipinski definition) is 1. The average molecular weight is 242 g/mol. The zero-order valence-electron chi connectivity index (χ0n) is 10.3. The molecule has 1 aromatic carbocycles. The maximum absolute atomic E-state index is 12.2. The first-order valence-electron chi connectivity index (χ1n) is 5.78. The Kier molecular flexibility index (Phi) is 2.33. The summed E-state index contributed by atoms with van der Waals surface area (Å²) in [5.41, 5.74) is 2.82. The molecule has 18 heavy (non-hydrogen) atoms. The Hall–Kier alpha value is -2.30. The highest BCUT2D eigenvalue weighted by molar-refractivity contribution is 6.05. The maximum atomic E-state index is 12.2. The van der Waals surface area contributed by atoms with Crippen LogP contribution in [0.4, 0.5) is 11.4 Å². The smallest absolute Gasteiger partial charge is 0.253 e. The summed E-state index contributed by atoms with van der Waals surface area (Å²) in [5, 5.41) is 7.31. The highest BCUT2D eigenvalue weighted by Crippen LogP contribution is 2.36. The number of para-hydroxylation sites is 1. The van der Waals surface area contributed by atoms with E-state index in [2.05, 4.69) is 10.4 Å². The van der Waals surface area contributed by atoms with Gasteiger partial charge in [0.25, 0.3) is 5.91 Å². The predicted molar refractivity (Wildman–Crippen MR) is 69.4 cm³/mol. The first-order chi connectivity index (χ1) is 8.66. The predicted octanol–water partition coefficient (Wildman–Crippen LogP) is 1.55. The number of likely N-dealkylation sites (N-methyl/N-ethyl adjacent to an activating group) is 1. The molecule has 0 saturated carbocycles. The number of nitrogens with zero attached hydrogens (tertiary/aromatic N) is 3. The lowest BCUT2D eigenvalue weighted by atomic mass is 10.1. The maximum Gasteiger partial charge on any atom is 0.253 e. The monoisotopic (exact) mass is 242 g/mol. The van der Waals surface area contributed by atoms with Gasteiger partial charge in [0.05, 0.1) is 11.9 Å². The molecule has 2 heterocycles. The first kappa shape index (κ1) is 10.8. The van der Waals surface area contributed by atoms with Crippen LogP contribution in [0.25, 0.3) is 0 Å². The Labute approximate surface area is 105 Å². The van der Waals surface area contributed by atoms with Crippen molar-refractivity contribution in [2.45, 2.75) is 6.04 Å². The third-order valence-electron chi connectivity index (χ3n) is 3.20. The number of carbonyl (C=O) groups is 1. The molecule has 1 aliphatic heterocycles. The number of carbonyl (C=O) groups excluding carboxylic acids is 1. The molecule has 1 aliphatic rings. The summed E-state index contributed by atoms with van der Waals surface area (Å²) in [6, 6.07) is 7.50. The van der Waals surface area contributed by atoms with E-state index >= 15 is 0 Å². The minimum Gasteiger partial charge on any atom is -0.367 e. The van der Waals surface area contributed by atoms with Gasteiger partial charge in [0.1, 0.15) is 6.04 Å². The van der Waals surface area contributed by atoms with Crippen LogP contribution in [0, 0.1) is 0 Å². The quantitative estimate of drug-likeness (QED) is 0.869. The molecule has 0 bridgehead atoms. The molecular formula is C13H14N4O. The van der Waals surface area contributed by atoms with E-state index in [1.807, 2.05) is 37.5 Å². The highest BCUT2D eigenvalue weighted by atomic mass is 16.2. The van der Waals surface area contributed by atoms with Gasteiger partial charge in [-0.05, 0) is 6.07 Å². The van der Waals surface area contributed by atoms with E-state index in [1.54, 1.807) is 22.8 Å². The molecule has 1 atom stereocenters. The second-order valence-electron chi connectivity index (χ2n) is 4.44. The minimum atomic E-state index is -0.324. The summed E-state index contributed by atoms with van der Waals surface area (Å²) in [7, 11) is 3.65. The fourth-order valence-electron chi connectivity index (χ4n) is 2.28. The van der Waals surface area contributed by atoms with Crippen molar-refractivity contribution in [3.63, 3.8) is 0 Å². The fourth-order valence-corrected chi connectivity index (χ4v) is 2.28. The number of aryl methyl sites for hydroxylation is 1. The largest absolute Gasteiger partial charge is 0.367 e. The van der Waals surface area contributed by atoms with E-state index in [-0.39, 0.29) is 11.9 Å². The van der Waals surface area contributed by atoms with Crippen molar-refractivity contribution in [2.24, 2.45) is 7.05 Å². The van der Waals surface area contributed by atoms with Gasteiger partial charge in [-0.2, -0.15) is 5.10 Å².